The molecule has 1 rings (SSSR count). The molecular formula is C12H14IN. The van der Waals surface area contributed by atoms with Crippen LogP contribution in [0.4, 0.5) is 0 Å². The second kappa shape index (κ2) is 4.79. The third-order valence-corrected chi connectivity index (χ3v) is 3.33. The van der Waals surface area contributed by atoms with Gasteiger partial charge in [-0.25, -0.2) is 0 Å². The van der Waals surface area contributed by atoms with E-state index in [0.717, 1.165) is 12.8 Å². The fourth-order valence-electron chi connectivity index (χ4n) is 1.20. The van der Waals surface area contributed by atoms with Gasteiger partial charge in [0.25, 0.3) is 0 Å². The summed E-state index contributed by atoms with van der Waals surface area (Å²) >= 11 is 2.34. The lowest BCUT2D eigenvalue weighted by Crippen LogP contribution is -2.09. The van der Waals surface area contributed by atoms with E-state index < -0.39 is 0 Å². The maximum Gasteiger partial charge on any atom is 0.0684 e. The Morgan fingerprint density at radius 3 is 2.57 bits per heavy atom. The lowest BCUT2D eigenvalue weighted by Gasteiger charge is -2.14. The number of rotatable bonds is 3. The summed E-state index contributed by atoms with van der Waals surface area (Å²) < 4.78 is 1.29. The van der Waals surface area contributed by atoms with Crippen LogP contribution in [0.25, 0.3) is 0 Å². The van der Waals surface area contributed by atoms with Crippen LogP contribution in [0.3, 0.4) is 0 Å². The number of hydrogen-bond donors (Lipinski definition) is 0. The van der Waals surface area contributed by atoms with E-state index in [4.69, 9.17) is 5.26 Å². The maximum atomic E-state index is 8.89. The average Bonchev–Trinajstić information content (AvgIpc) is 2.17. The van der Waals surface area contributed by atoms with Crippen molar-refractivity contribution in [3.05, 3.63) is 33.4 Å². The molecule has 0 bridgehead atoms. The second-order valence-electron chi connectivity index (χ2n) is 4.09. The van der Waals surface area contributed by atoms with E-state index in [1.165, 1.54) is 9.13 Å². The van der Waals surface area contributed by atoms with Gasteiger partial charge in [0, 0.05) is 3.57 Å². The van der Waals surface area contributed by atoms with Gasteiger partial charge < -0.3 is 0 Å². The fraction of sp³-hybridized carbons (Fsp3) is 0.417. The highest BCUT2D eigenvalue weighted by atomic mass is 127. The lowest BCUT2D eigenvalue weighted by atomic mass is 9.88. The van der Waals surface area contributed by atoms with Crippen LogP contribution >= 0.6 is 22.6 Å². The van der Waals surface area contributed by atoms with Crippen molar-refractivity contribution in [2.24, 2.45) is 5.41 Å². The van der Waals surface area contributed by atoms with Crippen LogP contribution in [-0.2, 0) is 6.42 Å². The fourth-order valence-corrected chi connectivity index (χ4v) is 1.86. The van der Waals surface area contributed by atoms with Crippen molar-refractivity contribution in [2.45, 2.75) is 26.7 Å². The van der Waals surface area contributed by atoms with Gasteiger partial charge in [0.2, 0.25) is 0 Å². The van der Waals surface area contributed by atoms with Crippen LogP contribution in [0.2, 0.25) is 0 Å². The molecule has 0 spiro atoms. The Bertz CT molecular complexity index is 350. The van der Waals surface area contributed by atoms with Crippen molar-refractivity contribution >= 4 is 22.6 Å². The molecule has 1 aromatic carbocycles. The number of benzene rings is 1. The first-order valence-electron chi connectivity index (χ1n) is 4.70. The van der Waals surface area contributed by atoms with Gasteiger partial charge in [-0.05, 0) is 60.9 Å². The Hall–Kier alpha value is -0.560. The predicted molar refractivity (Wildman–Crippen MR) is 66.9 cm³/mol. The van der Waals surface area contributed by atoms with E-state index in [0.29, 0.717) is 0 Å². The summed E-state index contributed by atoms with van der Waals surface area (Å²) in [6, 6.07) is 10.7. The monoisotopic (exact) mass is 299 g/mol. The van der Waals surface area contributed by atoms with Crippen molar-refractivity contribution in [2.75, 3.05) is 0 Å². The highest BCUT2D eigenvalue weighted by molar-refractivity contribution is 14.1. The summed E-state index contributed by atoms with van der Waals surface area (Å²) in [4.78, 5) is 0. The normalized spacial score (nSPS) is 11.0. The largest absolute Gasteiger partial charge is 0.198 e. The number of halogens is 1. The molecule has 0 aliphatic heterocycles. The lowest BCUT2D eigenvalue weighted by molar-refractivity contribution is 0.452. The van der Waals surface area contributed by atoms with E-state index in [1.54, 1.807) is 0 Å². The molecule has 0 N–H and O–H groups in total. The number of aryl methyl sites for hydroxylation is 1. The maximum absolute atomic E-state index is 8.89. The zero-order valence-corrected chi connectivity index (χ0v) is 10.7. The molecule has 2 heteroatoms. The molecule has 1 nitrogen and oxygen atoms in total. The first-order chi connectivity index (χ1) is 6.55. The molecule has 0 unspecified atom stereocenters. The summed E-state index contributed by atoms with van der Waals surface area (Å²) in [5.74, 6) is 0. The van der Waals surface area contributed by atoms with E-state index in [2.05, 4.69) is 46.9 Å². The number of nitrogens with zero attached hydrogens (tertiary/aromatic N) is 1. The van der Waals surface area contributed by atoms with Crippen LogP contribution in [0.15, 0.2) is 24.3 Å². The molecular weight excluding hydrogens is 285 g/mol. The average molecular weight is 299 g/mol. The third kappa shape index (κ3) is 3.30. The minimum Gasteiger partial charge on any atom is -0.198 e. The van der Waals surface area contributed by atoms with Crippen molar-refractivity contribution in [3.8, 4) is 6.07 Å². The molecule has 1 aromatic rings. The Kier molecular flexibility index (Phi) is 3.94. The van der Waals surface area contributed by atoms with Crippen molar-refractivity contribution < 1.29 is 0 Å². The summed E-state index contributed by atoms with van der Waals surface area (Å²) in [6.45, 7) is 3.98. The Morgan fingerprint density at radius 2 is 2.00 bits per heavy atom. The van der Waals surface area contributed by atoms with Gasteiger partial charge in [-0.2, -0.15) is 5.26 Å². The Morgan fingerprint density at radius 1 is 1.36 bits per heavy atom. The van der Waals surface area contributed by atoms with Gasteiger partial charge in [-0.15, -0.1) is 0 Å². The van der Waals surface area contributed by atoms with Crippen LogP contribution in [0.5, 0.6) is 0 Å². The Labute approximate surface area is 99.3 Å². The summed E-state index contributed by atoms with van der Waals surface area (Å²) in [5, 5.41) is 8.89. The quantitative estimate of drug-likeness (QED) is 0.779. The molecule has 0 fully saturated rings. The smallest absolute Gasteiger partial charge is 0.0684 e. The molecule has 0 atom stereocenters. The highest BCUT2D eigenvalue weighted by Gasteiger charge is 2.16. The first kappa shape index (κ1) is 11.5. The van der Waals surface area contributed by atoms with E-state index in [1.807, 2.05) is 19.9 Å². The van der Waals surface area contributed by atoms with E-state index in [-0.39, 0.29) is 5.41 Å². The van der Waals surface area contributed by atoms with Gasteiger partial charge in [0.1, 0.15) is 0 Å². The molecule has 74 valence electrons. The second-order valence-corrected chi connectivity index (χ2v) is 5.25. The molecule has 14 heavy (non-hydrogen) atoms. The summed E-state index contributed by atoms with van der Waals surface area (Å²) in [5.41, 5.74) is 1.13. The van der Waals surface area contributed by atoms with Crippen LogP contribution < -0.4 is 0 Å². The molecule has 0 radical (unpaired) electrons. The molecule has 0 saturated heterocycles. The first-order valence-corrected chi connectivity index (χ1v) is 5.78. The molecule has 0 aliphatic carbocycles. The minimum absolute atomic E-state index is 0.209. The van der Waals surface area contributed by atoms with Crippen molar-refractivity contribution in [1.82, 2.24) is 0 Å². The number of hydrogen-bond acceptors (Lipinski definition) is 1. The summed E-state index contributed by atoms with van der Waals surface area (Å²) in [7, 11) is 0. The minimum atomic E-state index is -0.209. The molecule has 0 aliphatic rings. The highest BCUT2D eigenvalue weighted by Crippen LogP contribution is 2.23. The van der Waals surface area contributed by atoms with Gasteiger partial charge in [0.15, 0.2) is 0 Å². The zero-order valence-electron chi connectivity index (χ0n) is 8.55. The van der Waals surface area contributed by atoms with Gasteiger partial charge >= 0.3 is 0 Å². The Balaban J connectivity index is 2.64. The molecule has 0 heterocycles. The van der Waals surface area contributed by atoms with Crippen molar-refractivity contribution in [1.29, 1.82) is 5.26 Å². The predicted octanol–water partition coefficient (Wildman–Crippen LogP) is 3.77. The van der Waals surface area contributed by atoms with Crippen LogP contribution in [0.1, 0.15) is 25.8 Å². The van der Waals surface area contributed by atoms with E-state index in [9.17, 15) is 0 Å². The van der Waals surface area contributed by atoms with Gasteiger partial charge in [-0.3, -0.25) is 0 Å². The molecule has 0 aromatic heterocycles. The molecule has 0 amide bonds. The number of nitriles is 1. The topological polar surface area (TPSA) is 23.8 Å². The summed E-state index contributed by atoms with van der Waals surface area (Å²) in [6.07, 6.45) is 1.91. The van der Waals surface area contributed by atoms with Crippen LogP contribution in [-0.4, -0.2) is 0 Å². The van der Waals surface area contributed by atoms with Crippen molar-refractivity contribution in [3.63, 3.8) is 0 Å². The third-order valence-electron chi connectivity index (χ3n) is 2.28. The SMILES string of the molecule is CC(C)(C#N)CCc1ccccc1I. The standard InChI is InChI=1S/C12H14IN/c1-12(2,9-14)8-7-10-5-3-4-6-11(10)13/h3-6H,7-8H2,1-2H3. The van der Waals surface area contributed by atoms with Gasteiger partial charge in [-0.1, -0.05) is 18.2 Å². The van der Waals surface area contributed by atoms with Gasteiger partial charge in [0.05, 0.1) is 11.5 Å². The van der Waals surface area contributed by atoms with Crippen LogP contribution in [0, 0.1) is 20.3 Å². The zero-order chi connectivity index (χ0) is 10.6. The molecule has 0 saturated carbocycles. The van der Waals surface area contributed by atoms with E-state index >= 15 is 0 Å².